The van der Waals surface area contributed by atoms with Gasteiger partial charge in [0, 0.05) is 17.6 Å². The number of carbonyl (C=O) groups is 1. The van der Waals surface area contributed by atoms with Gasteiger partial charge in [-0.2, -0.15) is 5.26 Å². The van der Waals surface area contributed by atoms with Crippen molar-refractivity contribution in [3.05, 3.63) is 77.6 Å². The van der Waals surface area contributed by atoms with Crippen molar-refractivity contribution >= 4 is 23.2 Å². The minimum absolute atomic E-state index is 0.254. The van der Waals surface area contributed by atoms with Crippen molar-refractivity contribution in [1.82, 2.24) is 9.97 Å². The number of nitrogens with one attached hydrogen (secondary N) is 2. The summed E-state index contributed by atoms with van der Waals surface area (Å²) in [6, 6.07) is 18.3. The van der Waals surface area contributed by atoms with Crippen LogP contribution in [-0.4, -0.2) is 15.9 Å². The van der Waals surface area contributed by atoms with Gasteiger partial charge in [-0.05, 0) is 42.3 Å². The molecule has 1 aromatic heterocycles. The second-order valence-electron chi connectivity index (χ2n) is 5.55. The molecular formula is C20H17N5O. The lowest BCUT2D eigenvalue weighted by atomic mass is 10.1. The Morgan fingerprint density at radius 1 is 1.15 bits per heavy atom. The molecular weight excluding hydrogens is 326 g/mol. The van der Waals surface area contributed by atoms with Crippen LogP contribution in [0.2, 0.25) is 0 Å². The maximum atomic E-state index is 12.5. The van der Waals surface area contributed by atoms with Gasteiger partial charge in [0.25, 0.3) is 5.91 Å². The number of hydrogen-bond acceptors (Lipinski definition) is 5. The number of rotatable bonds is 5. The van der Waals surface area contributed by atoms with E-state index in [1.54, 1.807) is 30.3 Å². The summed E-state index contributed by atoms with van der Waals surface area (Å²) in [6.07, 6.45) is 2.34. The normalized spacial score (nSPS) is 10.0. The molecule has 0 saturated carbocycles. The Kier molecular flexibility index (Phi) is 5.20. The Balaban J connectivity index is 1.78. The number of para-hydroxylation sites is 1. The Labute approximate surface area is 151 Å². The van der Waals surface area contributed by atoms with Gasteiger partial charge >= 0.3 is 0 Å². The fraction of sp³-hybridized carbons (Fsp3) is 0.100. The average molecular weight is 343 g/mol. The molecule has 2 N–H and O–H groups in total. The molecule has 26 heavy (non-hydrogen) atoms. The van der Waals surface area contributed by atoms with Crippen molar-refractivity contribution in [1.29, 1.82) is 5.26 Å². The molecule has 128 valence electrons. The zero-order chi connectivity index (χ0) is 18.4. The summed E-state index contributed by atoms with van der Waals surface area (Å²) in [7, 11) is 0. The van der Waals surface area contributed by atoms with E-state index in [9.17, 15) is 4.79 Å². The third kappa shape index (κ3) is 4.02. The van der Waals surface area contributed by atoms with Gasteiger partial charge in [-0.25, -0.2) is 9.97 Å². The van der Waals surface area contributed by atoms with E-state index >= 15 is 0 Å². The molecule has 0 aliphatic carbocycles. The highest BCUT2D eigenvalue weighted by Gasteiger charge is 2.11. The van der Waals surface area contributed by atoms with E-state index in [4.69, 9.17) is 5.26 Å². The number of nitrogens with zero attached hydrogens (tertiary/aromatic N) is 3. The third-order valence-corrected chi connectivity index (χ3v) is 3.78. The molecule has 0 spiro atoms. The van der Waals surface area contributed by atoms with Crippen molar-refractivity contribution in [2.24, 2.45) is 0 Å². The highest BCUT2D eigenvalue weighted by molar-refractivity contribution is 6.03. The first kappa shape index (κ1) is 17.1. The maximum Gasteiger partial charge on any atom is 0.274 e. The van der Waals surface area contributed by atoms with Crippen LogP contribution in [0, 0.1) is 11.3 Å². The van der Waals surface area contributed by atoms with E-state index in [2.05, 4.69) is 26.7 Å². The molecule has 0 atom stereocenters. The number of benzene rings is 2. The standard InChI is InChI=1S/C20H17N5O/c1-2-15-7-3-4-9-17(15)24-19(26)18-10-11-22-20(25-18)23-16-8-5-6-14(12-16)13-21/h3-12H,2H2,1H3,(H,24,26)(H,22,23,25). The van der Waals surface area contributed by atoms with E-state index in [0.29, 0.717) is 11.3 Å². The Morgan fingerprint density at radius 2 is 2.00 bits per heavy atom. The minimum Gasteiger partial charge on any atom is -0.324 e. The van der Waals surface area contributed by atoms with Crippen LogP contribution >= 0.6 is 0 Å². The molecule has 0 aliphatic rings. The lowest BCUT2D eigenvalue weighted by molar-refractivity contribution is 0.102. The summed E-state index contributed by atoms with van der Waals surface area (Å²) in [5.74, 6) is -0.0151. The number of hydrogen-bond donors (Lipinski definition) is 2. The van der Waals surface area contributed by atoms with E-state index in [-0.39, 0.29) is 17.5 Å². The predicted octanol–water partition coefficient (Wildman–Crippen LogP) is 3.91. The molecule has 1 heterocycles. The van der Waals surface area contributed by atoms with Gasteiger partial charge in [0.15, 0.2) is 0 Å². The van der Waals surface area contributed by atoms with Crippen molar-refractivity contribution in [3.8, 4) is 6.07 Å². The van der Waals surface area contributed by atoms with Crippen LogP contribution in [0.25, 0.3) is 0 Å². The van der Waals surface area contributed by atoms with E-state index in [1.807, 2.05) is 31.2 Å². The summed E-state index contributed by atoms with van der Waals surface area (Å²) in [5, 5.41) is 14.9. The van der Waals surface area contributed by atoms with Crippen LogP contribution in [0.5, 0.6) is 0 Å². The molecule has 0 bridgehead atoms. The molecule has 1 amide bonds. The van der Waals surface area contributed by atoms with Crippen molar-refractivity contribution in [2.45, 2.75) is 13.3 Å². The Morgan fingerprint density at radius 3 is 2.81 bits per heavy atom. The zero-order valence-corrected chi connectivity index (χ0v) is 14.2. The molecule has 0 radical (unpaired) electrons. The number of aryl methyl sites for hydroxylation is 1. The summed E-state index contributed by atoms with van der Waals surface area (Å²) < 4.78 is 0. The molecule has 6 heteroatoms. The van der Waals surface area contributed by atoms with Gasteiger partial charge < -0.3 is 10.6 Å². The quantitative estimate of drug-likeness (QED) is 0.733. The number of nitriles is 1. The van der Waals surface area contributed by atoms with Gasteiger partial charge in [0.2, 0.25) is 5.95 Å². The van der Waals surface area contributed by atoms with Gasteiger partial charge in [0.1, 0.15) is 5.69 Å². The van der Waals surface area contributed by atoms with Crippen LogP contribution in [0.3, 0.4) is 0 Å². The van der Waals surface area contributed by atoms with Crippen LogP contribution in [0.1, 0.15) is 28.5 Å². The van der Waals surface area contributed by atoms with E-state index < -0.39 is 0 Å². The SMILES string of the molecule is CCc1ccccc1NC(=O)c1ccnc(Nc2cccc(C#N)c2)n1. The molecule has 2 aromatic carbocycles. The minimum atomic E-state index is -0.304. The van der Waals surface area contributed by atoms with Gasteiger partial charge in [0.05, 0.1) is 11.6 Å². The molecule has 0 aliphatic heterocycles. The van der Waals surface area contributed by atoms with Gasteiger partial charge in [-0.3, -0.25) is 4.79 Å². The zero-order valence-electron chi connectivity index (χ0n) is 14.2. The molecule has 6 nitrogen and oxygen atoms in total. The molecule has 0 unspecified atom stereocenters. The number of amides is 1. The summed E-state index contributed by atoms with van der Waals surface area (Å²) in [4.78, 5) is 20.9. The fourth-order valence-electron chi connectivity index (χ4n) is 2.48. The van der Waals surface area contributed by atoms with Crippen molar-refractivity contribution in [3.63, 3.8) is 0 Å². The summed E-state index contributed by atoms with van der Waals surface area (Å²) in [5.41, 5.74) is 3.29. The van der Waals surface area contributed by atoms with Crippen molar-refractivity contribution < 1.29 is 4.79 Å². The average Bonchev–Trinajstić information content (AvgIpc) is 2.68. The van der Waals surface area contributed by atoms with Gasteiger partial charge in [-0.15, -0.1) is 0 Å². The van der Waals surface area contributed by atoms with Crippen LogP contribution < -0.4 is 10.6 Å². The third-order valence-electron chi connectivity index (χ3n) is 3.78. The largest absolute Gasteiger partial charge is 0.324 e. The lowest BCUT2D eigenvalue weighted by Gasteiger charge is -2.10. The fourth-order valence-corrected chi connectivity index (χ4v) is 2.48. The predicted molar refractivity (Wildman–Crippen MR) is 100 cm³/mol. The van der Waals surface area contributed by atoms with Gasteiger partial charge in [-0.1, -0.05) is 31.2 Å². The maximum absolute atomic E-state index is 12.5. The van der Waals surface area contributed by atoms with E-state index in [1.165, 1.54) is 6.20 Å². The smallest absolute Gasteiger partial charge is 0.274 e. The highest BCUT2D eigenvalue weighted by Crippen LogP contribution is 2.17. The van der Waals surface area contributed by atoms with Crippen molar-refractivity contribution in [2.75, 3.05) is 10.6 Å². The number of anilines is 3. The van der Waals surface area contributed by atoms with Crippen LogP contribution in [0.4, 0.5) is 17.3 Å². The van der Waals surface area contributed by atoms with Crippen LogP contribution in [0.15, 0.2) is 60.8 Å². The highest BCUT2D eigenvalue weighted by atomic mass is 16.1. The first-order chi connectivity index (χ1) is 12.7. The molecule has 3 aromatic rings. The lowest BCUT2D eigenvalue weighted by Crippen LogP contribution is -2.15. The second-order valence-corrected chi connectivity index (χ2v) is 5.55. The summed E-state index contributed by atoms with van der Waals surface area (Å²) >= 11 is 0. The molecule has 0 fully saturated rings. The van der Waals surface area contributed by atoms with Crippen LogP contribution in [-0.2, 0) is 6.42 Å². The monoisotopic (exact) mass is 343 g/mol. The molecule has 0 saturated heterocycles. The summed E-state index contributed by atoms with van der Waals surface area (Å²) in [6.45, 7) is 2.03. The second kappa shape index (κ2) is 7.90. The Bertz CT molecular complexity index is 978. The first-order valence-corrected chi connectivity index (χ1v) is 8.19. The molecule has 3 rings (SSSR count). The number of aromatic nitrogens is 2. The topological polar surface area (TPSA) is 90.7 Å². The van der Waals surface area contributed by atoms with E-state index in [0.717, 1.165) is 17.7 Å². The first-order valence-electron chi connectivity index (χ1n) is 8.19. The number of carbonyl (C=O) groups excluding carboxylic acids is 1. The Hall–Kier alpha value is -3.72.